The van der Waals surface area contributed by atoms with Gasteiger partial charge in [0.1, 0.15) is 0 Å². The maximum Gasteiger partial charge on any atom is 0.0723 e. The second kappa shape index (κ2) is 5.93. The fourth-order valence-electron chi connectivity index (χ4n) is 2.78. The number of hydrogen-bond acceptors (Lipinski definition) is 1. The van der Waals surface area contributed by atoms with Crippen molar-refractivity contribution < 1.29 is 0 Å². The Labute approximate surface area is 135 Å². The standard InChI is InChI=1S/C21H16N2/c1-3-9-16(10-4-1)20-15-18(19-13-7-8-14-22-19)21(23-20)17-11-5-2-6-12-17/h1-15,23H. The molecular formula is C21H16N2. The third kappa shape index (κ3) is 2.67. The molecule has 1 N–H and O–H groups in total. The molecule has 0 aliphatic heterocycles. The van der Waals surface area contributed by atoms with Gasteiger partial charge in [0, 0.05) is 17.5 Å². The van der Waals surface area contributed by atoms with Gasteiger partial charge >= 0.3 is 0 Å². The predicted molar refractivity (Wildman–Crippen MR) is 94.9 cm³/mol. The summed E-state index contributed by atoms with van der Waals surface area (Å²) in [5, 5.41) is 0. The highest BCUT2D eigenvalue weighted by molar-refractivity contribution is 5.84. The minimum Gasteiger partial charge on any atom is -0.354 e. The molecule has 110 valence electrons. The molecule has 2 heterocycles. The topological polar surface area (TPSA) is 28.7 Å². The summed E-state index contributed by atoms with van der Waals surface area (Å²) >= 11 is 0. The number of benzene rings is 2. The Morgan fingerprint density at radius 1 is 0.652 bits per heavy atom. The normalized spacial score (nSPS) is 10.6. The van der Waals surface area contributed by atoms with E-state index >= 15 is 0 Å². The summed E-state index contributed by atoms with van der Waals surface area (Å²) in [4.78, 5) is 8.09. The van der Waals surface area contributed by atoms with Crippen LogP contribution in [0.3, 0.4) is 0 Å². The Balaban J connectivity index is 1.91. The van der Waals surface area contributed by atoms with Crippen molar-refractivity contribution in [2.75, 3.05) is 0 Å². The molecule has 0 bridgehead atoms. The molecule has 2 aromatic carbocycles. The molecule has 0 spiro atoms. The molecule has 23 heavy (non-hydrogen) atoms. The minimum absolute atomic E-state index is 0.977. The van der Waals surface area contributed by atoms with Crippen molar-refractivity contribution in [1.29, 1.82) is 0 Å². The van der Waals surface area contributed by atoms with Gasteiger partial charge in [-0.15, -0.1) is 0 Å². The molecule has 2 aromatic heterocycles. The van der Waals surface area contributed by atoms with E-state index in [1.807, 2.05) is 36.5 Å². The van der Waals surface area contributed by atoms with Crippen LogP contribution in [-0.4, -0.2) is 9.97 Å². The number of nitrogens with one attached hydrogen (secondary N) is 1. The first-order valence-corrected chi connectivity index (χ1v) is 7.67. The summed E-state index contributed by atoms with van der Waals surface area (Å²) in [6.45, 7) is 0. The molecule has 2 heteroatoms. The van der Waals surface area contributed by atoms with E-state index in [0.29, 0.717) is 0 Å². The lowest BCUT2D eigenvalue weighted by Gasteiger charge is -2.03. The molecule has 0 atom stereocenters. The van der Waals surface area contributed by atoms with Gasteiger partial charge in [-0.1, -0.05) is 66.7 Å². The number of hydrogen-bond donors (Lipinski definition) is 1. The molecule has 4 rings (SSSR count). The summed E-state index contributed by atoms with van der Waals surface area (Å²) < 4.78 is 0. The lowest BCUT2D eigenvalue weighted by atomic mass is 10.0. The van der Waals surface area contributed by atoms with E-state index in [4.69, 9.17) is 0 Å². The Hall–Kier alpha value is -3.13. The van der Waals surface area contributed by atoms with Crippen LogP contribution in [-0.2, 0) is 0 Å². The lowest BCUT2D eigenvalue weighted by Crippen LogP contribution is -1.84. The fraction of sp³-hybridized carbons (Fsp3) is 0. The van der Waals surface area contributed by atoms with Gasteiger partial charge in [0.25, 0.3) is 0 Å². The van der Waals surface area contributed by atoms with E-state index in [-0.39, 0.29) is 0 Å². The molecule has 0 aliphatic rings. The molecule has 0 unspecified atom stereocenters. The van der Waals surface area contributed by atoms with E-state index in [0.717, 1.165) is 28.2 Å². The molecule has 0 radical (unpaired) electrons. The van der Waals surface area contributed by atoms with Crippen LogP contribution in [0.25, 0.3) is 33.8 Å². The predicted octanol–water partition coefficient (Wildman–Crippen LogP) is 5.41. The third-order valence-corrected chi connectivity index (χ3v) is 3.91. The first-order valence-electron chi connectivity index (χ1n) is 7.67. The van der Waals surface area contributed by atoms with Gasteiger partial charge in [-0.05, 0) is 29.3 Å². The number of rotatable bonds is 3. The zero-order valence-corrected chi connectivity index (χ0v) is 12.6. The van der Waals surface area contributed by atoms with Crippen LogP contribution in [0.4, 0.5) is 0 Å². The van der Waals surface area contributed by atoms with E-state index in [1.165, 1.54) is 5.56 Å². The Bertz CT molecular complexity index is 838. The van der Waals surface area contributed by atoms with E-state index in [2.05, 4.69) is 64.6 Å². The highest BCUT2D eigenvalue weighted by Crippen LogP contribution is 2.34. The number of pyridine rings is 1. The van der Waals surface area contributed by atoms with Crippen molar-refractivity contribution in [2.24, 2.45) is 0 Å². The summed E-state index contributed by atoms with van der Waals surface area (Å²) in [6, 6.07) is 28.9. The SMILES string of the molecule is c1ccc(-c2cc(-c3ccccn3)c(-c3ccccc3)[nH]2)cc1. The average Bonchev–Trinajstić information content (AvgIpc) is 3.09. The van der Waals surface area contributed by atoms with Crippen molar-refractivity contribution in [3.63, 3.8) is 0 Å². The van der Waals surface area contributed by atoms with Crippen molar-refractivity contribution in [3.05, 3.63) is 91.1 Å². The van der Waals surface area contributed by atoms with Gasteiger partial charge < -0.3 is 4.98 Å². The van der Waals surface area contributed by atoms with Gasteiger partial charge in [-0.2, -0.15) is 0 Å². The third-order valence-electron chi connectivity index (χ3n) is 3.91. The van der Waals surface area contributed by atoms with Crippen molar-refractivity contribution >= 4 is 0 Å². The van der Waals surface area contributed by atoms with Crippen molar-refractivity contribution in [1.82, 2.24) is 9.97 Å². The van der Waals surface area contributed by atoms with Gasteiger partial charge in [0.15, 0.2) is 0 Å². The maximum absolute atomic E-state index is 4.52. The van der Waals surface area contributed by atoms with Crippen molar-refractivity contribution in [2.45, 2.75) is 0 Å². The number of aromatic amines is 1. The molecule has 0 saturated carbocycles. The van der Waals surface area contributed by atoms with Crippen molar-refractivity contribution in [3.8, 4) is 33.8 Å². The number of aromatic nitrogens is 2. The maximum atomic E-state index is 4.52. The Morgan fingerprint density at radius 2 is 1.30 bits per heavy atom. The van der Waals surface area contributed by atoms with Crippen LogP contribution >= 0.6 is 0 Å². The van der Waals surface area contributed by atoms with E-state index < -0.39 is 0 Å². The first kappa shape index (κ1) is 13.5. The van der Waals surface area contributed by atoms with Gasteiger partial charge in [-0.25, -0.2) is 0 Å². The van der Waals surface area contributed by atoms with Crippen LogP contribution in [0.5, 0.6) is 0 Å². The summed E-state index contributed by atoms with van der Waals surface area (Å²) in [6.07, 6.45) is 1.83. The molecule has 0 aliphatic carbocycles. The summed E-state index contributed by atoms with van der Waals surface area (Å²) in [7, 11) is 0. The molecule has 0 saturated heterocycles. The Kier molecular flexibility index (Phi) is 3.49. The first-order chi connectivity index (χ1) is 11.4. The number of H-pyrrole nitrogens is 1. The van der Waals surface area contributed by atoms with Gasteiger partial charge in [-0.3, -0.25) is 4.98 Å². The largest absolute Gasteiger partial charge is 0.354 e. The smallest absolute Gasteiger partial charge is 0.0723 e. The lowest BCUT2D eigenvalue weighted by molar-refractivity contribution is 1.32. The zero-order chi connectivity index (χ0) is 15.5. The molecule has 0 fully saturated rings. The van der Waals surface area contributed by atoms with Crippen LogP contribution in [0.1, 0.15) is 0 Å². The van der Waals surface area contributed by atoms with Crippen LogP contribution in [0.2, 0.25) is 0 Å². The fourth-order valence-corrected chi connectivity index (χ4v) is 2.78. The van der Waals surface area contributed by atoms with Crippen LogP contribution in [0.15, 0.2) is 91.1 Å². The second-order valence-electron chi connectivity index (χ2n) is 5.42. The average molecular weight is 296 g/mol. The highest BCUT2D eigenvalue weighted by atomic mass is 14.8. The highest BCUT2D eigenvalue weighted by Gasteiger charge is 2.13. The number of nitrogens with zero attached hydrogens (tertiary/aromatic N) is 1. The quantitative estimate of drug-likeness (QED) is 0.538. The van der Waals surface area contributed by atoms with E-state index in [1.54, 1.807) is 0 Å². The summed E-state index contributed by atoms with van der Waals surface area (Å²) in [5.41, 5.74) is 6.64. The molecular weight excluding hydrogens is 280 g/mol. The Morgan fingerprint density at radius 3 is 1.96 bits per heavy atom. The minimum atomic E-state index is 0.977. The van der Waals surface area contributed by atoms with Gasteiger partial charge in [0.2, 0.25) is 0 Å². The van der Waals surface area contributed by atoms with Crippen LogP contribution < -0.4 is 0 Å². The van der Waals surface area contributed by atoms with E-state index in [9.17, 15) is 0 Å². The molecule has 2 nitrogen and oxygen atoms in total. The second-order valence-corrected chi connectivity index (χ2v) is 5.42. The molecule has 0 amide bonds. The zero-order valence-electron chi connectivity index (χ0n) is 12.6. The van der Waals surface area contributed by atoms with Gasteiger partial charge in [0.05, 0.1) is 11.4 Å². The van der Waals surface area contributed by atoms with Crippen LogP contribution in [0, 0.1) is 0 Å². The monoisotopic (exact) mass is 296 g/mol. The summed E-state index contributed by atoms with van der Waals surface area (Å²) in [5.74, 6) is 0. The molecule has 4 aromatic rings.